The third kappa shape index (κ3) is 2.78. The van der Waals surface area contributed by atoms with E-state index in [2.05, 4.69) is 9.97 Å². The highest BCUT2D eigenvalue weighted by Gasteiger charge is 2.53. The lowest BCUT2D eigenvalue weighted by Gasteiger charge is -2.27. The Labute approximate surface area is 159 Å². The number of fused-ring (bicyclic) bond motifs is 1. The summed E-state index contributed by atoms with van der Waals surface area (Å²) in [6.45, 7) is 1.15. The largest absolute Gasteiger partial charge is 0.394 e. The number of nitrogens with zero attached hydrogens (tertiary/aromatic N) is 4. The van der Waals surface area contributed by atoms with Gasteiger partial charge in [0.1, 0.15) is 17.8 Å². The van der Waals surface area contributed by atoms with E-state index in [9.17, 15) is 20.1 Å². The van der Waals surface area contributed by atoms with Crippen molar-refractivity contribution in [2.24, 2.45) is 0 Å². The molecule has 0 saturated carbocycles. The van der Waals surface area contributed by atoms with E-state index in [1.54, 1.807) is 0 Å². The van der Waals surface area contributed by atoms with Crippen LogP contribution in [0.2, 0.25) is 0 Å². The standard InChI is InChI=1S/C18H21N5O5/c1-18(27)13(25)11(8-24)28-16(18)23-9-20-12-14(23)21-17(19)22(15(12)26)7-10-5-3-2-4-6-10/h2-6,9,11,13,16,24-25,27H,7-8H2,1H3,(H2,19,21)/t11-,13-,16-,18-/m1/s1. The van der Waals surface area contributed by atoms with Crippen LogP contribution in [0.1, 0.15) is 18.7 Å². The molecule has 0 amide bonds. The number of nitrogens with two attached hydrogens (primary N) is 1. The molecule has 148 valence electrons. The van der Waals surface area contributed by atoms with Gasteiger partial charge in [-0.25, -0.2) is 4.98 Å². The number of aromatic nitrogens is 4. The van der Waals surface area contributed by atoms with E-state index in [-0.39, 0.29) is 23.7 Å². The summed E-state index contributed by atoms with van der Waals surface area (Å²) >= 11 is 0. The minimum atomic E-state index is -1.73. The van der Waals surface area contributed by atoms with Crippen LogP contribution in [0.25, 0.3) is 11.2 Å². The zero-order valence-corrected chi connectivity index (χ0v) is 15.1. The maximum absolute atomic E-state index is 12.9. The fourth-order valence-electron chi connectivity index (χ4n) is 3.50. The van der Waals surface area contributed by atoms with Crippen LogP contribution < -0.4 is 11.3 Å². The van der Waals surface area contributed by atoms with Crippen molar-refractivity contribution >= 4 is 17.1 Å². The van der Waals surface area contributed by atoms with Gasteiger partial charge >= 0.3 is 0 Å². The predicted octanol–water partition coefficient (Wildman–Crippen LogP) is -0.775. The molecule has 0 spiro atoms. The van der Waals surface area contributed by atoms with Crippen molar-refractivity contribution in [2.45, 2.75) is 37.5 Å². The Bertz CT molecular complexity index is 1060. The smallest absolute Gasteiger partial charge is 0.283 e. The van der Waals surface area contributed by atoms with E-state index in [0.717, 1.165) is 5.56 Å². The van der Waals surface area contributed by atoms with Crippen molar-refractivity contribution in [1.29, 1.82) is 0 Å². The highest BCUT2D eigenvalue weighted by Crippen LogP contribution is 2.39. The molecule has 0 aliphatic carbocycles. The molecule has 0 unspecified atom stereocenters. The summed E-state index contributed by atoms with van der Waals surface area (Å²) in [6.07, 6.45) is -2.10. The molecule has 4 rings (SSSR count). The molecule has 4 atom stereocenters. The average Bonchev–Trinajstić information content (AvgIpc) is 3.18. The number of rotatable bonds is 4. The summed E-state index contributed by atoms with van der Waals surface area (Å²) in [6, 6.07) is 9.34. The van der Waals surface area contributed by atoms with Crippen molar-refractivity contribution in [3.8, 4) is 0 Å². The van der Waals surface area contributed by atoms with Crippen LogP contribution in [0.3, 0.4) is 0 Å². The average molecular weight is 387 g/mol. The second-order valence-electron chi connectivity index (χ2n) is 7.05. The summed E-state index contributed by atoms with van der Waals surface area (Å²) < 4.78 is 8.24. The molecule has 10 heteroatoms. The SMILES string of the molecule is C[C@@]1(O)[C@H](O)[C@@H](CO)O[C@H]1n1cnc2c(=O)n(Cc3ccccc3)c(N)nc21. The minimum Gasteiger partial charge on any atom is -0.394 e. The molecule has 1 aliphatic rings. The highest BCUT2D eigenvalue weighted by atomic mass is 16.6. The maximum Gasteiger partial charge on any atom is 0.283 e. The summed E-state index contributed by atoms with van der Waals surface area (Å²) in [4.78, 5) is 21.3. The zero-order valence-electron chi connectivity index (χ0n) is 15.1. The third-order valence-corrected chi connectivity index (χ3v) is 5.08. The van der Waals surface area contributed by atoms with Crippen molar-refractivity contribution in [2.75, 3.05) is 12.3 Å². The number of imidazole rings is 1. The Hall–Kier alpha value is -2.79. The molecule has 2 aromatic heterocycles. The Morgan fingerprint density at radius 1 is 1.32 bits per heavy atom. The van der Waals surface area contributed by atoms with Crippen LogP contribution >= 0.6 is 0 Å². The van der Waals surface area contributed by atoms with E-state index >= 15 is 0 Å². The quantitative estimate of drug-likeness (QED) is 0.456. The number of aliphatic hydroxyl groups excluding tert-OH is 2. The number of nitrogen functional groups attached to an aromatic ring is 1. The lowest BCUT2D eigenvalue weighted by atomic mass is 9.96. The van der Waals surface area contributed by atoms with Crippen LogP contribution in [0, 0.1) is 0 Å². The molecule has 1 aromatic carbocycles. The van der Waals surface area contributed by atoms with Gasteiger partial charge in [-0.05, 0) is 12.5 Å². The van der Waals surface area contributed by atoms with Gasteiger partial charge in [0.05, 0.1) is 19.5 Å². The van der Waals surface area contributed by atoms with Crippen LogP contribution in [0.5, 0.6) is 0 Å². The normalized spacial score (nSPS) is 27.5. The molecule has 28 heavy (non-hydrogen) atoms. The minimum absolute atomic E-state index is 0.0139. The van der Waals surface area contributed by atoms with Gasteiger partial charge in [-0.15, -0.1) is 0 Å². The number of ether oxygens (including phenoxy) is 1. The van der Waals surface area contributed by atoms with E-state index in [1.807, 2.05) is 30.3 Å². The topological polar surface area (TPSA) is 149 Å². The van der Waals surface area contributed by atoms with Crippen molar-refractivity contribution in [3.63, 3.8) is 0 Å². The summed E-state index contributed by atoms with van der Waals surface area (Å²) in [7, 11) is 0. The van der Waals surface area contributed by atoms with Gasteiger partial charge in [-0.2, -0.15) is 4.98 Å². The third-order valence-electron chi connectivity index (χ3n) is 5.08. The number of benzene rings is 1. The van der Waals surface area contributed by atoms with E-state index < -0.39 is 36.2 Å². The van der Waals surface area contributed by atoms with Gasteiger partial charge in [0.25, 0.3) is 5.56 Å². The second-order valence-corrected chi connectivity index (χ2v) is 7.05. The number of aliphatic hydroxyl groups is 3. The van der Waals surface area contributed by atoms with Gasteiger partial charge in [0, 0.05) is 0 Å². The molecule has 0 radical (unpaired) electrons. The number of anilines is 1. The lowest BCUT2D eigenvalue weighted by Crippen LogP contribution is -2.44. The molecule has 3 heterocycles. The first-order chi connectivity index (χ1) is 13.3. The van der Waals surface area contributed by atoms with E-state index in [4.69, 9.17) is 10.5 Å². The number of hydrogen-bond acceptors (Lipinski definition) is 8. The first-order valence-corrected chi connectivity index (χ1v) is 8.78. The molecule has 3 aromatic rings. The molecule has 1 saturated heterocycles. The lowest BCUT2D eigenvalue weighted by molar-refractivity contribution is -0.0950. The maximum atomic E-state index is 12.9. The fourth-order valence-corrected chi connectivity index (χ4v) is 3.50. The molecule has 10 nitrogen and oxygen atoms in total. The first kappa shape index (κ1) is 18.6. The molecular formula is C18H21N5O5. The summed E-state index contributed by atoms with van der Waals surface area (Å²) in [5.74, 6) is -0.0139. The van der Waals surface area contributed by atoms with Gasteiger partial charge in [-0.3, -0.25) is 13.9 Å². The van der Waals surface area contributed by atoms with Gasteiger partial charge in [-0.1, -0.05) is 30.3 Å². The van der Waals surface area contributed by atoms with Crippen LogP contribution in [0.15, 0.2) is 41.5 Å². The van der Waals surface area contributed by atoms with E-state index in [0.29, 0.717) is 0 Å². The molecular weight excluding hydrogens is 366 g/mol. The predicted molar refractivity (Wildman–Crippen MR) is 99.4 cm³/mol. The second kappa shape index (κ2) is 6.67. The zero-order chi connectivity index (χ0) is 20.1. The molecule has 1 aliphatic heterocycles. The Kier molecular flexibility index (Phi) is 4.42. The first-order valence-electron chi connectivity index (χ1n) is 8.78. The van der Waals surface area contributed by atoms with Crippen LogP contribution in [0.4, 0.5) is 5.95 Å². The Morgan fingerprint density at radius 3 is 2.68 bits per heavy atom. The molecule has 1 fully saturated rings. The van der Waals surface area contributed by atoms with Gasteiger partial charge in [0.15, 0.2) is 17.4 Å². The monoisotopic (exact) mass is 387 g/mol. The van der Waals surface area contributed by atoms with E-state index in [1.165, 1.54) is 22.4 Å². The van der Waals surface area contributed by atoms with Crippen LogP contribution in [-0.2, 0) is 11.3 Å². The Morgan fingerprint density at radius 2 is 2.04 bits per heavy atom. The number of hydrogen-bond donors (Lipinski definition) is 4. The molecule has 0 bridgehead atoms. The summed E-state index contributed by atoms with van der Waals surface area (Å²) in [5, 5.41) is 30.2. The van der Waals surface area contributed by atoms with Crippen molar-refractivity contribution in [1.82, 2.24) is 19.1 Å². The fraction of sp³-hybridized carbons (Fsp3) is 0.389. The Balaban J connectivity index is 1.79. The van der Waals surface area contributed by atoms with Crippen molar-refractivity contribution < 1.29 is 20.1 Å². The highest BCUT2D eigenvalue weighted by molar-refractivity contribution is 5.71. The van der Waals surface area contributed by atoms with Gasteiger partial charge < -0.3 is 25.8 Å². The van der Waals surface area contributed by atoms with Gasteiger partial charge in [0.2, 0.25) is 5.95 Å². The van der Waals surface area contributed by atoms with Crippen molar-refractivity contribution in [3.05, 3.63) is 52.6 Å². The summed E-state index contributed by atoms with van der Waals surface area (Å²) in [5.41, 5.74) is 4.95. The molecule has 5 N–H and O–H groups in total. The van der Waals surface area contributed by atoms with Crippen LogP contribution in [-0.4, -0.2) is 58.8 Å².